The minimum atomic E-state index is -0.0406. The smallest absolute Gasteiger partial charge is 0.276 e. The van der Waals surface area contributed by atoms with Crippen molar-refractivity contribution in [3.8, 4) is 0 Å². The highest BCUT2D eigenvalue weighted by atomic mass is 16.1. The Morgan fingerprint density at radius 2 is 2.13 bits per heavy atom. The SMILES string of the molecule is Cn1c(=O)c2[nH]cnc2c2ccccc21. The number of hydrogen-bond acceptors (Lipinski definition) is 2. The van der Waals surface area contributed by atoms with E-state index in [4.69, 9.17) is 0 Å². The van der Waals surface area contributed by atoms with Crippen molar-refractivity contribution in [2.75, 3.05) is 0 Å². The van der Waals surface area contributed by atoms with Gasteiger partial charge in [-0.15, -0.1) is 0 Å². The molecule has 0 atom stereocenters. The summed E-state index contributed by atoms with van der Waals surface area (Å²) in [5.74, 6) is 0. The van der Waals surface area contributed by atoms with E-state index in [2.05, 4.69) is 9.97 Å². The van der Waals surface area contributed by atoms with Crippen molar-refractivity contribution in [2.24, 2.45) is 7.05 Å². The van der Waals surface area contributed by atoms with Crippen LogP contribution in [0.1, 0.15) is 0 Å². The van der Waals surface area contributed by atoms with Crippen LogP contribution >= 0.6 is 0 Å². The molecule has 2 heterocycles. The number of benzene rings is 1. The van der Waals surface area contributed by atoms with E-state index in [9.17, 15) is 4.79 Å². The van der Waals surface area contributed by atoms with E-state index in [0.29, 0.717) is 5.52 Å². The standard InChI is InChI=1S/C11H9N3O/c1-14-8-5-3-2-4-7(8)9-10(11(14)15)13-6-12-9/h2-6H,1H3,(H,12,13). The zero-order valence-electron chi connectivity index (χ0n) is 8.19. The second-order valence-electron chi connectivity index (χ2n) is 3.51. The van der Waals surface area contributed by atoms with Gasteiger partial charge in [-0.3, -0.25) is 4.79 Å². The Morgan fingerprint density at radius 1 is 1.33 bits per heavy atom. The predicted octanol–water partition coefficient (Wildman–Crippen LogP) is 1.41. The van der Waals surface area contributed by atoms with E-state index in [1.165, 1.54) is 0 Å². The van der Waals surface area contributed by atoms with E-state index < -0.39 is 0 Å². The van der Waals surface area contributed by atoms with E-state index in [1.807, 2.05) is 24.3 Å². The van der Waals surface area contributed by atoms with Gasteiger partial charge in [0.05, 0.1) is 11.8 Å². The lowest BCUT2D eigenvalue weighted by Gasteiger charge is -2.04. The monoisotopic (exact) mass is 199 g/mol. The van der Waals surface area contributed by atoms with Crippen LogP contribution in [0.25, 0.3) is 21.9 Å². The maximum Gasteiger partial charge on any atom is 0.276 e. The number of hydrogen-bond donors (Lipinski definition) is 1. The molecule has 4 heteroatoms. The molecule has 2 aromatic heterocycles. The number of nitrogens with one attached hydrogen (secondary N) is 1. The van der Waals surface area contributed by atoms with E-state index in [0.717, 1.165) is 16.4 Å². The second kappa shape index (κ2) is 2.70. The van der Waals surface area contributed by atoms with Gasteiger partial charge in [-0.2, -0.15) is 0 Å². The molecule has 0 bridgehead atoms. The van der Waals surface area contributed by atoms with Crippen molar-refractivity contribution < 1.29 is 0 Å². The zero-order valence-corrected chi connectivity index (χ0v) is 8.19. The van der Waals surface area contributed by atoms with Gasteiger partial charge in [0.2, 0.25) is 0 Å². The molecule has 15 heavy (non-hydrogen) atoms. The van der Waals surface area contributed by atoms with Gasteiger partial charge in [-0.25, -0.2) is 4.98 Å². The Bertz CT molecular complexity index is 708. The summed E-state index contributed by atoms with van der Waals surface area (Å²) in [7, 11) is 1.77. The Balaban J connectivity index is 2.77. The Morgan fingerprint density at radius 3 is 3.00 bits per heavy atom. The first-order chi connectivity index (χ1) is 7.29. The number of aromatic amines is 1. The maximum atomic E-state index is 11.9. The second-order valence-corrected chi connectivity index (χ2v) is 3.51. The summed E-state index contributed by atoms with van der Waals surface area (Å²) < 4.78 is 1.63. The van der Waals surface area contributed by atoms with Crippen LogP contribution in [0.4, 0.5) is 0 Å². The molecule has 74 valence electrons. The van der Waals surface area contributed by atoms with Crippen LogP contribution in [-0.2, 0) is 7.05 Å². The van der Waals surface area contributed by atoms with Crippen molar-refractivity contribution in [1.82, 2.24) is 14.5 Å². The van der Waals surface area contributed by atoms with Crippen LogP contribution in [-0.4, -0.2) is 14.5 Å². The molecule has 1 N–H and O–H groups in total. The van der Waals surface area contributed by atoms with Gasteiger partial charge in [0.25, 0.3) is 5.56 Å². The fourth-order valence-electron chi connectivity index (χ4n) is 1.90. The van der Waals surface area contributed by atoms with Crippen LogP contribution in [0.5, 0.6) is 0 Å². The third-order valence-electron chi connectivity index (χ3n) is 2.68. The molecule has 0 amide bonds. The molecular weight excluding hydrogens is 190 g/mol. The van der Waals surface area contributed by atoms with Gasteiger partial charge >= 0.3 is 0 Å². The lowest BCUT2D eigenvalue weighted by atomic mass is 10.2. The summed E-state index contributed by atoms with van der Waals surface area (Å²) in [6.07, 6.45) is 1.55. The molecule has 0 radical (unpaired) electrons. The van der Waals surface area contributed by atoms with Gasteiger partial charge < -0.3 is 9.55 Å². The summed E-state index contributed by atoms with van der Waals surface area (Å²) in [5, 5.41) is 0.996. The maximum absolute atomic E-state index is 11.9. The molecule has 1 aromatic carbocycles. The molecule has 0 aliphatic heterocycles. The molecule has 4 nitrogen and oxygen atoms in total. The zero-order chi connectivity index (χ0) is 10.4. The van der Waals surface area contributed by atoms with Crippen molar-refractivity contribution in [1.29, 1.82) is 0 Å². The van der Waals surface area contributed by atoms with Crippen molar-refractivity contribution in [3.05, 3.63) is 40.9 Å². The first kappa shape index (κ1) is 8.23. The van der Waals surface area contributed by atoms with Crippen LogP contribution in [0.2, 0.25) is 0 Å². The molecule has 0 fully saturated rings. The Hall–Kier alpha value is -2.10. The lowest BCUT2D eigenvalue weighted by molar-refractivity contribution is 0.915. The average molecular weight is 199 g/mol. The van der Waals surface area contributed by atoms with Gasteiger partial charge in [-0.05, 0) is 6.07 Å². The first-order valence-corrected chi connectivity index (χ1v) is 4.70. The molecule has 0 saturated heterocycles. The number of pyridine rings is 1. The number of nitrogens with zero attached hydrogens (tertiary/aromatic N) is 2. The summed E-state index contributed by atoms with van der Waals surface area (Å²) >= 11 is 0. The molecule has 0 aliphatic carbocycles. The first-order valence-electron chi connectivity index (χ1n) is 4.70. The summed E-state index contributed by atoms with van der Waals surface area (Å²) in [4.78, 5) is 19.0. The van der Waals surface area contributed by atoms with Crippen LogP contribution in [0.15, 0.2) is 35.4 Å². The number of H-pyrrole nitrogens is 1. The highest BCUT2D eigenvalue weighted by Crippen LogP contribution is 2.18. The number of imidazole rings is 1. The average Bonchev–Trinajstić information content (AvgIpc) is 2.75. The highest BCUT2D eigenvalue weighted by Gasteiger charge is 2.08. The fourth-order valence-corrected chi connectivity index (χ4v) is 1.90. The molecule has 3 aromatic rings. The van der Waals surface area contributed by atoms with Crippen molar-refractivity contribution in [2.45, 2.75) is 0 Å². The highest BCUT2D eigenvalue weighted by molar-refractivity contribution is 6.01. The largest absolute Gasteiger partial charge is 0.340 e. The lowest BCUT2D eigenvalue weighted by Crippen LogP contribution is -2.17. The van der Waals surface area contributed by atoms with Crippen LogP contribution < -0.4 is 5.56 Å². The van der Waals surface area contributed by atoms with Gasteiger partial charge in [-0.1, -0.05) is 18.2 Å². The quantitative estimate of drug-likeness (QED) is 0.595. The minimum Gasteiger partial charge on any atom is -0.340 e. The van der Waals surface area contributed by atoms with Crippen molar-refractivity contribution in [3.63, 3.8) is 0 Å². The van der Waals surface area contributed by atoms with E-state index >= 15 is 0 Å². The predicted molar refractivity (Wildman–Crippen MR) is 58.8 cm³/mol. The van der Waals surface area contributed by atoms with Gasteiger partial charge in [0, 0.05) is 12.4 Å². The molecule has 3 rings (SSSR count). The van der Waals surface area contributed by atoms with Crippen molar-refractivity contribution >= 4 is 21.9 Å². The molecular formula is C11H9N3O. The van der Waals surface area contributed by atoms with E-state index in [1.54, 1.807) is 17.9 Å². The number of para-hydroxylation sites is 1. The third kappa shape index (κ3) is 0.958. The summed E-state index contributed by atoms with van der Waals surface area (Å²) in [6.45, 7) is 0. The van der Waals surface area contributed by atoms with Gasteiger partial charge in [0.15, 0.2) is 0 Å². The Labute approximate surface area is 85.2 Å². The normalized spacial score (nSPS) is 11.3. The molecule has 0 unspecified atom stereocenters. The number of rotatable bonds is 0. The number of fused-ring (bicyclic) bond motifs is 3. The molecule has 0 spiro atoms. The summed E-state index contributed by atoms with van der Waals surface area (Å²) in [5.41, 5.74) is 2.17. The van der Waals surface area contributed by atoms with Crippen LogP contribution in [0, 0.1) is 0 Å². The van der Waals surface area contributed by atoms with Gasteiger partial charge in [0.1, 0.15) is 11.0 Å². The summed E-state index contributed by atoms with van der Waals surface area (Å²) in [6, 6.07) is 7.75. The third-order valence-corrected chi connectivity index (χ3v) is 2.68. The van der Waals surface area contributed by atoms with E-state index in [-0.39, 0.29) is 5.56 Å². The minimum absolute atomic E-state index is 0.0406. The van der Waals surface area contributed by atoms with Crippen LogP contribution in [0.3, 0.4) is 0 Å². The topological polar surface area (TPSA) is 50.7 Å². The number of aryl methyl sites for hydroxylation is 1. The molecule has 0 saturated carbocycles. The number of aromatic nitrogens is 3. The fraction of sp³-hybridized carbons (Fsp3) is 0.0909. The molecule has 0 aliphatic rings. The Kier molecular flexibility index (Phi) is 1.48.